The van der Waals surface area contributed by atoms with Gasteiger partial charge in [-0.15, -0.1) is 5.10 Å². The Morgan fingerprint density at radius 1 is 0.976 bits per heavy atom. The van der Waals surface area contributed by atoms with E-state index in [-0.39, 0.29) is 19.0 Å². The third-order valence-electron chi connectivity index (χ3n) is 6.39. The summed E-state index contributed by atoms with van der Waals surface area (Å²) in [6.45, 7) is 5.51. The standard InChI is InChI=1S/C30H34ClN5O5/c1-30(2,3)32-29(38)27(20-15-24(39-4)28(41-6)25(16-20)40-5)35(17-19-11-7-8-12-21(19)31)26(37)18-36-23-14-10-9-13-22(23)33-34-36/h7-16,27H,17-18H2,1-6H3,(H,32,38)/t27-/m1/s1. The van der Waals surface area contributed by atoms with E-state index in [4.69, 9.17) is 25.8 Å². The predicted octanol–water partition coefficient (Wildman–Crippen LogP) is 4.80. The summed E-state index contributed by atoms with van der Waals surface area (Å²) >= 11 is 6.54. The summed E-state index contributed by atoms with van der Waals surface area (Å²) in [6.07, 6.45) is 0. The second kappa shape index (κ2) is 12.5. The van der Waals surface area contributed by atoms with E-state index in [9.17, 15) is 9.59 Å². The topological polar surface area (TPSA) is 108 Å². The van der Waals surface area contributed by atoms with E-state index in [2.05, 4.69) is 15.6 Å². The van der Waals surface area contributed by atoms with E-state index in [1.807, 2.05) is 63.2 Å². The summed E-state index contributed by atoms with van der Waals surface area (Å²) in [5.41, 5.74) is 1.90. The number of para-hydroxylation sites is 1. The number of nitrogens with one attached hydrogen (secondary N) is 1. The number of ether oxygens (including phenoxy) is 3. The van der Waals surface area contributed by atoms with Gasteiger partial charge in [0.15, 0.2) is 11.5 Å². The minimum Gasteiger partial charge on any atom is -0.493 e. The Labute approximate surface area is 244 Å². The molecule has 1 N–H and O–H groups in total. The maximum atomic E-state index is 14.2. The summed E-state index contributed by atoms with van der Waals surface area (Å²) in [6, 6.07) is 16.8. The first-order chi connectivity index (χ1) is 19.6. The van der Waals surface area contributed by atoms with Crippen molar-refractivity contribution in [2.24, 2.45) is 0 Å². The maximum absolute atomic E-state index is 14.2. The molecule has 11 heteroatoms. The molecule has 0 aliphatic heterocycles. The SMILES string of the molecule is COc1cc([C@H](C(=O)NC(C)(C)C)N(Cc2ccccc2Cl)C(=O)Cn2nnc3ccccc32)cc(OC)c1OC. The molecule has 1 heterocycles. The smallest absolute Gasteiger partial charge is 0.247 e. The molecule has 1 atom stereocenters. The van der Waals surface area contributed by atoms with Crippen molar-refractivity contribution in [3.8, 4) is 17.2 Å². The van der Waals surface area contributed by atoms with Gasteiger partial charge in [-0.2, -0.15) is 0 Å². The minimum atomic E-state index is -1.10. The Kier molecular flexibility index (Phi) is 9.02. The molecule has 216 valence electrons. The van der Waals surface area contributed by atoms with Crippen LogP contribution in [0.1, 0.15) is 37.9 Å². The second-order valence-electron chi connectivity index (χ2n) is 10.4. The third-order valence-corrected chi connectivity index (χ3v) is 6.75. The van der Waals surface area contributed by atoms with Gasteiger partial charge in [0.2, 0.25) is 17.6 Å². The first-order valence-electron chi connectivity index (χ1n) is 13.0. The van der Waals surface area contributed by atoms with Crippen molar-refractivity contribution in [1.29, 1.82) is 0 Å². The maximum Gasteiger partial charge on any atom is 0.247 e. The molecule has 0 bridgehead atoms. The molecule has 0 saturated heterocycles. The highest BCUT2D eigenvalue weighted by atomic mass is 35.5. The Balaban J connectivity index is 1.88. The number of carbonyl (C=O) groups is 2. The van der Waals surface area contributed by atoms with Gasteiger partial charge in [-0.1, -0.05) is 47.1 Å². The largest absolute Gasteiger partial charge is 0.493 e. The van der Waals surface area contributed by atoms with Crippen LogP contribution in [0.3, 0.4) is 0 Å². The monoisotopic (exact) mass is 579 g/mol. The van der Waals surface area contributed by atoms with E-state index in [1.54, 1.807) is 18.2 Å². The molecule has 0 radical (unpaired) electrons. The molecule has 0 spiro atoms. The molecule has 0 aliphatic rings. The van der Waals surface area contributed by atoms with E-state index in [1.165, 1.54) is 30.9 Å². The number of rotatable bonds is 10. The molecule has 2 amide bonds. The summed E-state index contributed by atoms with van der Waals surface area (Å²) in [5, 5.41) is 11.9. The van der Waals surface area contributed by atoms with Gasteiger partial charge in [0, 0.05) is 17.1 Å². The first kappa shape index (κ1) is 29.7. The molecule has 4 aromatic rings. The van der Waals surface area contributed by atoms with Crippen LogP contribution < -0.4 is 19.5 Å². The fraction of sp³-hybridized carbons (Fsp3) is 0.333. The van der Waals surface area contributed by atoms with Crippen LogP contribution in [0.5, 0.6) is 17.2 Å². The quantitative estimate of drug-likeness (QED) is 0.288. The van der Waals surface area contributed by atoms with E-state index in [0.717, 1.165) is 0 Å². The lowest BCUT2D eigenvalue weighted by Crippen LogP contribution is -2.49. The van der Waals surface area contributed by atoms with Crippen molar-refractivity contribution in [3.05, 3.63) is 76.8 Å². The lowest BCUT2D eigenvalue weighted by molar-refractivity contribution is -0.142. The highest BCUT2D eigenvalue weighted by Crippen LogP contribution is 2.41. The summed E-state index contributed by atoms with van der Waals surface area (Å²) in [7, 11) is 4.49. The molecule has 4 rings (SSSR count). The van der Waals surface area contributed by atoms with Crippen molar-refractivity contribution in [2.45, 2.75) is 45.4 Å². The minimum absolute atomic E-state index is 0.0457. The number of carbonyl (C=O) groups excluding carboxylic acids is 2. The number of amides is 2. The number of halogens is 1. The second-order valence-corrected chi connectivity index (χ2v) is 10.9. The number of hydrogen-bond donors (Lipinski definition) is 1. The number of nitrogens with zero attached hydrogens (tertiary/aromatic N) is 4. The van der Waals surface area contributed by atoms with Crippen LogP contribution in [-0.2, 0) is 22.7 Å². The normalized spacial score (nSPS) is 12.1. The van der Waals surface area contributed by atoms with Gasteiger partial charge in [-0.05, 0) is 62.2 Å². The number of hydrogen-bond acceptors (Lipinski definition) is 7. The first-order valence-corrected chi connectivity index (χ1v) is 13.4. The molecule has 0 aliphatic carbocycles. The molecule has 3 aromatic carbocycles. The molecule has 41 heavy (non-hydrogen) atoms. The number of methoxy groups -OCH3 is 3. The highest BCUT2D eigenvalue weighted by molar-refractivity contribution is 6.31. The number of aromatic nitrogens is 3. The molecular weight excluding hydrogens is 546 g/mol. The van der Waals surface area contributed by atoms with Crippen LogP contribution in [-0.4, -0.2) is 58.6 Å². The van der Waals surface area contributed by atoms with Crippen LogP contribution in [0.25, 0.3) is 11.0 Å². The van der Waals surface area contributed by atoms with E-state index < -0.39 is 17.5 Å². The highest BCUT2D eigenvalue weighted by Gasteiger charge is 2.35. The van der Waals surface area contributed by atoms with Crippen molar-refractivity contribution in [3.63, 3.8) is 0 Å². The van der Waals surface area contributed by atoms with Gasteiger partial charge < -0.3 is 24.4 Å². The van der Waals surface area contributed by atoms with Crippen molar-refractivity contribution in [1.82, 2.24) is 25.2 Å². The zero-order valence-electron chi connectivity index (χ0n) is 24.0. The molecule has 10 nitrogen and oxygen atoms in total. The van der Waals surface area contributed by atoms with Gasteiger partial charge in [-0.3, -0.25) is 9.59 Å². The molecule has 0 unspecified atom stereocenters. The number of benzene rings is 3. The van der Waals surface area contributed by atoms with Crippen LogP contribution in [0.15, 0.2) is 60.7 Å². The van der Waals surface area contributed by atoms with Crippen molar-refractivity contribution < 1.29 is 23.8 Å². The van der Waals surface area contributed by atoms with Crippen molar-refractivity contribution in [2.75, 3.05) is 21.3 Å². The van der Waals surface area contributed by atoms with Crippen molar-refractivity contribution >= 4 is 34.4 Å². The summed E-state index contributed by atoms with van der Waals surface area (Å²) in [5.74, 6) is 0.302. The van der Waals surface area contributed by atoms with E-state index in [0.29, 0.717) is 44.4 Å². The molecule has 0 fully saturated rings. The van der Waals surface area contributed by atoms with Gasteiger partial charge in [0.25, 0.3) is 0 Å². The summed E-state index contributed by atoms with van der Waals surface area (Å²) < 4.78 is 18.2. The summed E-state index contributed by atoms with van der Waals surface area (Å²) in [4.78, 5) is 29.8. The zero-order chi connectivity index (χ0) is 29.7. The van der Waals surface area contributed by atoms with E-state index >= 15 is 0 Å². The molecular formula is C30H34ClN5O5. The fourth-order valence-corrected chi connectivity index (χ4v) is 4.75. The van der Waals surface area contributed by atoms with Crippen LogP contribution in [0, 0.1) is 0 Å². The van der Waals surface area contributed by atoms with Crippen LogP contribution >= 0.6 is 11.6 Å². The average molecular weight is 580 g/mol. The Morgan fingerprint density at radius 3 is 2.22 bits per heavy atom. The van der Waals surface area contributed by atoms with Gasteiger partial charge >= 0.3 is 0 Å². The lowest BCUT2D eigenvalue weighted by Gasteiger charge is -2.34. The third kappa shape index (κ3) is 6.71. The molecule has 0 saturated carbocycles. The Bertz CT molecular complexity index is 1520. The van der Waals surface area contributed by atoms with Gasteiger partial charge in [0.05, 0.1) is 26.8 Å². The lowest BCUT2D eigenvalue weighted by atomic mass is 9.99. The van der Waals surface area contributed by atoms with Crippen LogP contribution in [0.2, 0.25) is 5.02 Å². The van der Waals surface area contributed by atoms with Crippen LogP contribution in [0.4, 0.5) is 0 Å². The Hall–Kier alpha value is -4.31. The van der Waals surface area contributed by atoms with Gasteiger partial charge in [0.1, 0.15) is 18.1 Å². The fourth-order valence-electron chi connectivity index (χ4n) is 4.56. The van der Waals surface area contributed by atoms with Gasteiger partial charge in [-0.25, -0.2) is 4.68 Å². The zero-order valence-corrected chi connectivity index (χ0v) is 24.7. The average Bonchev–Trinajstić information content (AvgIpc) is 3.34. The number of fused-ring (bicyclic) bond motifs is 1. The predicted molar refractivity (Wildman–Crippen MR) is 156 cm³/mol. The molecule has 1 aromatic heterocycles. The Morgan fingerprint density at radius 2 is 1.61 bits per heavy atom.